The Morgan fingerprint density at radius 2 is 1.38 bits per heavy atom. The maximum absolute atomic E-state index is 11.1. The third kappa shape index (κ3) is 8.84. The van der Waals surface area contributed by atoms with Gasteiger partial charge in [-0.1, -0.05) is 38.8 Å². The van der Waals surface area contributed by atoms with Crippen LogP contribution in [0.15, 0.2) is 25.3 Å². The Balaban J connectivity index is 0.000000505. The van der Waals surface area contributed by atoms with Gasteiger partial charge < -0.3 is 19.3 Å². The zero-order chi connectivity index (χ0) is 17.8. The first kappa shape index (κ1) is 20.4. The second kappa shape index (κ2) is 11.8. The molecule has 1 N–H and O–H groups in total. The average molecular weight is 340 g/mol. The number of ether oxygens (including phenoxy) is 3. The fraction of sp³-hybridized carbons (Fsp3) is 0.667. The molecule has 6 nitrogen and oxygen atoms in total. The Labute approximate surface area is 143 Å². The molecule has 2 rings (SSSR count). The molecule has 0 radical (unpaired) electrons. The SMILES string of the molecule is C=CC(=O)O.C=CC(=O)OCC(OC1CCCC1)OC1CCCC1. The monoisotopic (exact) mass is 340 g/mol. The van der Waals surface area contributed by atoms with Gasteiger partial charge in [-0.3, -0.25) is 0 Å². The number of rotatable bonds is 8. The van der Waals surface area contributed by atoms with E-state index in [2.05, 4.69) is 13.2 Å². The van der Waals surface area contributed by atoms with Gasteiger partial charge in [-0.05, 0) is 25.7 Å². The highest BCUT2D eigenvalue weighted by Gasteiger charge is 2.26. The summed E-state index contributed by atoms with van der Waals surface area (Å²) in [6.45, 7) is 6.51. The molecule has 2 saturated carbocycles. The lowest BCUT2D eigenvalue weighted by atomic mass is 10.3. The summed E-state index contributed by atoms with van der Waals surface area (Å²) in [6, 6.07) is 0. The van der Waals surface area contributed by atoms with Gasteiger partial charge in [-0.25, -0.2) is 9.59 Å². The van der Waals surface area contributed by atoms with E-state index < -0.39 is 18.2 Å². The Bertz CT molecular complexity index is 390. The zero-order valence-electron chi connectivity index (χ0n) is 14.2. The van der Waals surface area contributed by atoms with Gasteiger partial charge in [0.2, 0.25) is 0 Å². The van der Waals surface area contributed by atoms with Crippen molar-refractivity contribution in [2.24, 2.45) is 0 Å². The van der Waals surface area contributed by atoms with E-state index in [9.17, 15) is 9.59 Å². The minimum Gasteiger partial charge on any atom is -0.478 e. The average Bonchev–Trinajstić information content (AvgIpc) is 3.26. The van der Waals surface area contributed by atoms with Crippen LogP contribution in [0.25, 0.3) is 0 Å². The molecule has 0 amide bonds. The van der Waals surface area contributed by atoms with Gasteiger partial charge in [0, 0.05) is 12.2 Å². The molecule has 0 aromatic rings. The van der Waals surface area contributed by atoms with Crippen molar-refractivity contribution in [3.05, 3.63) is 25.3 Å². The first-order valence-electron chi connectivity index (χ1n) is 8.50. The summed E-state index contributed by atoms with van der Waals surface area (Å²) in [5.74, 6) is -1.40. The number of hydrogen-bond donors (Lipinski definition) is 1. The van der Waals surface area contributed by atoms with E-state index in [1.165, 1.54) is 31.8 Å². The quantitative estimate of drug-likeness (QED) is 0.415. The van der Waals surface area contributed by atoms with Crippen LogP contribution in [-0.4, -0.2) is 42.1 Å². The van der Waals surface area contributed by atoms with Gasteiger partial charge in [0.1, 0.15) is 6.61 Å². The standard InChI is InChI=1S/C15H24O4.C3H4O2/c1-2-14(16)17-11-15(18-12-7-3-4-8-12)19-13-9-5-6-10-13;1-2-3(4)5/h2,12-13,15H,1,3-11H2;2H,1H2,(H,4,5). The Kier molecular flexibility index (Phi) is 10.0. The largest absolute Gasteiger partial charge is 0.478 e. The molecule has 136 valence electrons. The summed E-state index contributed by atoms with van der Waals surface area (Å²) in [4.78, 5) is 20.4. The van der Waals surface area contributed by atoms with E-state index >= 15 is 0 Å². The van der Waals surface area contributed by atoms with Crippen molar-refractivity contribution in [2.75, 3.05) is 6.61 Å². The summed E-state index contributed by atoms with van der Waals surface area (Å²) in [5, 5.41) is 7.60. The highest BCUT2D eigenvalue weighted by Crippen LogP contribution is 2.26. The maximum atomic E-state index is 11.1. The molecule has 2 aliphatic carbocycles. The Morgan fingerprint density at radius 3 is 1.71 bits per heavy atom. The van der Waals surface area contributed by atoms with Crippen molar-refractivity contribution >= 4 is 11.9 Å². The van der Waals surface area contributed by atoms with Crippen molar-refractivity contribution in [1.82, 2.24) is 0 Å². The lowest BCUT2D eigenvalue weighted by molar-refractivity contribution is -0.213. The van der Waals surface area contributed by atoms with Crippen molar-refractivity contribution in [1.29, 1.82) is 0 Å². The molecule has 0 heterocycles. The molecule has 0 spiro atoms. The van der Waals surface area contributed by atoms with E-state index in [-0.39, 0.29) is 18.8 Å². The van der Waals surface area contributed by atoms with Gasteiger partial charge in [0.05, 0.1) is 12.2 Å². The van der Waals surface area contributed by atoms with E-state index in [0.29, 0.717) is 0 Å². The molecular formula is C18H28O6. The molecule has 0 unspecified atom stereocenters. The fourth-order valence-electron chi connectivity index (χ4n) is 2.80. The molecule has 24 heavy (non-hydrogen) atoms. The van der Waals surface area contributed by atoms with Crippen LogP contribution >= 0.6 is 0 Å². The fourth-order valence-corrected chi connectivity index (χ4v) is 2.80. The number of carboxylic acids is 1. The van der Waals surface area contributed by atoms with Gasteiger partial charge in [0.25, 0.3) is 0 Å². The van der Waals surface area contributed by atoms with Crippen molar-refractivity contribution in [3.8, 4) is 0 Å². The highest BCUT2D eigenvalue weighted by atomic mass is 16.7. The molecule has 2 aliphatic rings. The summed E-state index contributed by atoms with van der Waals surface area (Å²) < 4.78 is 16.9. The lowest BCUT2D eigenvalue weighted by Crippen LogP contribution is -2.31. The molecule has 0 aromatic heterocycles. The van der Waals surface area contributed by atoms with Crippen LogP contribution in [0.3, 0.4) is 0 Å². The van der Waals surface area contributed by atoms with Crippen molar-refractivity contribution in [2.45, 2.75) is 69.9 Å². The molecule has 0 saturated heterocycles. The van der Waals surface area contributed by atoms with E-state index in [1.54, 1.807) is 0 Å². The van der Waals surface area contributed by atoms with Crippen molar-refractivity contribution < 1.29 is 28.9 Å². The van der Waals surface area contributed by atoms with E-state index in [0.717, 1.165) is 31.8 Å². The van der Waals surface area contributed by atoms with Crippen LogP contribution in [0.1, 0.15) is 51.4 Å². The predicted molar refractivity (Wildman–Crippen MR) is 89.5 cm³/mol. The predicted octanol–water partition coefficient (Wildman–Crippen LogP) is 3.22. The number of aliphatic carboxylic acids is 1. The van der Waals surface area contributed by atoms with Crippen LogP contribution < -0.4 is 0 Å². The number of esters is 1. The third-order valence-electron chi connectivity index (χ3n) is 4.00. The van der Waals surface area contributed by atoms with Gasteiger partial charge in [0.15, 0.2) is 6.29 Å². The molecule has 0 aliphatic heterocycles. The molecule has 2 fully saturated rings. The summed E-state index contributed by atoms with van der Waals surface area (Å²) in [7, 11) is 0. The minimum absolute atomic E-state index is 0.165. The van der Waals surface area contributed by atoms with Crippen LogP contribution in [0.2, 0.25) is 0 Å². The zero-order valence-corrected chi connectivity index (χ0v) is 14.2. The second-order valence-electron chi connectivity index (χ2n) is 5.89. The highest BCUT2D eigenvalue weighted by molar-refractivity contribution is 5.81. The summed E-state index contributed by atoms with van der Waals surface area (Å²) >= 11 is 0. The normalized spacial score (nSPS) is 18.0. The molecule has 0 bridgehead atoms. The van der Waals surface area contributed by atoms with Crippen LogP contribution in [0.4, 0.5) is 0 Å². The van der Waals surface area contributed by atoms with Gasteiger partial charge in [-0.15, -0.1) is 0 Å². The Morgan fingerprint density at radius 1 is 0.958 bits per heavy atom. The molecule has 0 atom stereocenters. The smallest absolute Gasteiger partial charge is 0.330 e. The van der Waals surface area contributed by atoms with Gasteiger partial charge >= 0.3 is 11.9 Å². The number of carbonyl (C=O) groups is 2. The topological polar surface area (TPSA) is 82.1 Å². The van der Waals surface area contributed by atoms with Crippen LogP contribution in [0.5, 0.6) is 0 Å². The summed E-state index contributed by atoms with van der Waals surface area (Å²) in [6.07, 6.45) is 11.3. The number of hydrogen-bond acceptors (Lipinski definition) is 5. The first-order valence-corrected chi connectivity index (χ1v) is 8.50. The van der Waals surface area contributed by atoms with Crippen LogP contribution in [-0.2, 0) is 23.8 Å². The first-order chi connectivity index (χ1) is 11.5. The maximum Gasteiger partial charge on any atom is 0.330 e. The number of carbonyl (C=O) groups excluding carboxylic acids is 1. The Hall–Kier alpha value is -1.66. The lowest BCUT2D eigenvalue weighted by Gasteiger charge is -2.25. The minimum atomic E-state index is -0.981. The van der Waals surface area contributed by atoms with E-state index in [1.807, 2.05) is 0 Å². The summed E-state index contributed by atoms with van der Waals surface area (Å²) in [5.41, 5.74) is 0. The molecule has 0 aromatic carbocycles. The van der Waals surface area contributed by atoms with Crippen molar-refractivity contribution in [3.63, 3.8) is 0 Å². The molecule has 6 heteroatoms. The third-order valence-corrected chi connectivity index (χ3v) is 4.00. The van der Waals surface area contributed by atoms with Gasteiger partial charge in [-0.2, -0.15) is 0 Å². The second-order valence-corrected chi connectivity index (χ2v) is 5.89. The van der Waals surface area contributed by atoms with Crippen LogP contribution in [0, 0.1) is 0 Å². The van der Waals surface area contributed by atoms with E-state index in [4.69, 9.17) is 19.3 Å². The number of carboxylic acid groups (broad SMARTS) is 1. The molecular weight excluding hydrogens is 312 g/mol.